The number of alkyl halides is 2. The van der Waals surface area contributed by atoms with Crippen LogP contribution in [0, 0.1) is 0 Å². The Morgan fingerprint density at radius 2 is 1.30 bits per heavy atom. The Morgan fingerprint density at radius 3 is 1.70 bits per heavy atom. The van der Waals surface area contributed by atoms with Gasteiger partial charge >= 0.3 is 5.97 Å². The van der Waals surface area contributed by atoms with Gasteiger partial charge < -0.3 is 4.74 Å². The lowest BCUT2D eigenvalue weighted by molar-refractivity contribution is -0.139. The van der Waals surface area contributed by atoms with E-state index in [9.17, 15) is 13.6 Å². The van der Waals surface area contributed by atoms with Crippen molar-refractivity contribution in [2.45, 2.75) is 89.5 Å². The molecule has 0 fully saturated rings. The van der Waals surface area contributed by atoms with Crippen molar-refractivity contribution < 1.29 is 18.3 Å². The minimum absolute atomic E-state index is 0.0146. The molecule has 0 aliphatic carbocycles. The predicted molar refractivity (Wildman–Crippen MR) is 96.1 cm³/mol. The van der Waals surface area contributed by atoms with Gasteiger partial charge in [0.2, 0.25) is 5.55 Å². The number of carbonyl (C=O) groups excluding carboxylic acids is 1. The van der Waals surface area contributed by atoms with E-state index in [1.165, 1.54) is 38.5 Å². The molecule has 136 valence electrons. The van der Waals surface area contributed by atoms with E-state index >= 15 is 0 Å². The van der Waals surface area contributed by atoms with Gasteiger partial charge in [0.05, 0.1) is 16.8 Å². The zero-order valence-corrected chi connectivity index (χ0v) is 17.0. The Morgan fingerprint density at radius 1 is 0.913 bits per heavy atom. The van der Waals surface area contributed by atoms with E-state index in [1.54, 1.807) is 6.92 Å². The third-order valence-electron chi connectivity index (χ3n) is 3.84. The highest BCUT2D eigenvalue weighted by Gasteiger charge is 2.18. The average Bonchev–Trinajstić information content (AvgIpc) is 2.46. The van der Waals surface area contributed by atoms with E-state index in [0.717, 1.165) is 25.7 Å². The minimum Gasteiger partial charge on any atom is -0.462 e. The normalized spacial score (nSPS) is 11.6. The third kappa shape index (κ3) is 17.5. The highest BCUT2D eigenvalue weighted by molar-refractivity contribution is 6.13. The summed E-state index contributed by atoms with van der Waals surface area (Å²) < 4.78 is 30.3. The predicted octanol–water partition coefficient (Wildman–Crippen LogP) is 4.75. The Labute approximate surface area is 143 Å². The molecule has 0 spiro atoms. The van der Waals surface area contributed by atoms with Crippen molar-refractivity contribution in [2.75, 3.05) is 6.61 Å². The summed E-state index contributed by atoms with van der Waals surface area (Å²) in [6.07, 6.45) is 12.1. The van der Waals surface area contributed by atoms with Crippen molar-refractivity contribution in [3.63, 3.8) is 0 Å². The van der Waals surface area contributed by atoms with Gasteiger partial charge in [-0.15, -0.1) is 0 Å². The molecule has 0 saturated heterocycles. The first-order chi connectivity index (χ1) is 10.8. The summed E-state index contributed by atoms with van der Waals surface area (Å²) in [5, 5.41) is 0. The van der Waals surface area contributed by atoms with E-state index in [1.807, 2.05) is 0 Å². The summed E-state index contributed by atoms with van der Waals surface area (Å²) in [7, 11) is -0.0146. The van der Waals surface area contributed by atoms with Crippen molar-refractivity contribution in [1.29, 1.82) is 0 Å². The van der Waals surface area contributed by atoms with Gasteiger partial charge in [-0.05, 0) is 19.8 Å². The maximum absolute atomic E-state index is 12.7. The zero-order valence-electron chi connectivity index (χ0n) is 15.0. The molecule has 23 heavy (non-hydrogen) atoms. The molecule has 0 saturated carbocycles. The van der Waals surface area contributed by atoms with Crippen molar-refractivity contribution in [3.8, 4) is 0 Å². The van der Waals surface area contributed by atoms with Gasteiger partial charge in [-0.1, -0.05) is 64.4 Å². The van der Waals surface area contributed by atoms with Crippen LogP contribution >= 0.6 is 0 Å². The monoisotopic (exact) mass is 348 g/mol. The summed E-state index contributed by atoms with van der Waals surface area (Å²) in [5.41, 5.74) is -1.90. The van der Waals surface area contributed by atoms with Crippen LogP contribution in [0.25, 0.3) is 0 Å². The summed E-state index contributed by atoms with van der Waals surface area (Å²) in [6, 6.07) is 0. The SMILES string of the molecule is C=C(C)C(=O)OCCCCCCCCCCCCCC(F)(F)[SiH3]. The molecule has 0 rings (SSSR count). The van der Waals surface area contributed by atoms with E-state index in [0.29, 0.717) is 18.6 Å². The van der Waals surface area contributed by atoms with Crippen LogP contribution in [0.2, 0.25) is 0 Å². The van der Waals surface area contributed by atoms with Crippen LogP contribution in [0.4, 0.5) is 8.78 Å². The Kier molecular flexibility index (Phi) is 13.3. The molecular formula is C18H34F2O2Si. The lowest BCUT2D eigenvalue weighted by Gasteiger charge is -2.09. The van der Waals surface area contributed by atoms with E-state index < -0.39 is 5.55 Å². The van der Waals surface area contributed by atoms with Crippen LogP contribution in [-0.2, 0) is 9.53 Å². The quantitative estimate of drug-likeness (QED) is 0.185. The summed E-state index contributed by atoms with van der Waals surface area (Å²) in [4.78, 5) is 11.1. The molecule has 0 aromatic rings. The average molecular weight is 349 g/mol. The standard InChI is InChI=1S/C18H34F2O2Si/c1-16(2)17(21)22-15-13-11-9-7-5-3-4-6-8-10-12-14-18(19,20)23/h1,3-15H2,2,23H3. The Balaban J connectivity index is 3.14. The molecule has 0 aromatic heterocycles. The minimum atomic E-state index is -2.36. The fourth-order valence-electron chi connectivity index (χ4n) is 2.42. The summed E-state index contributed by atoms with van der Waals surface area (Å²) >= 11 is 0. The van der Waals surface area contributed by atoms with Gasteiger partial charge in [0.1, 0.15) is 0 Å². The maximum atomic E-state index is 12.7. The molecule has 0 N–H and O–H groups in total. The van der Waals surface area contributed by atoms with Crippen molar-refractivity contribution in [3.05, 3.63) is 12.2 Å². The number of esters is 1. The van der Waals surface area contributed by atoms with Crippen LogP contribution in [-0.4, -0.2) is 28.4 Å². The second-order valence-corrected chi connectivity index (χ2v) is 8.09. The molecule has 2 nitrogen and oxygen atoms in total. The van der Waals surface area contributed by atoms with Crippen molar-refractivity contribution >= 4 is 16.2 Å². The second kappa shape index (κ2) is 13.7. The number of hydrogen-bond donors (Lipinski definition) is 0. The molecule has 0 unspecified atom stereocenters. The largest absolute Gasteiger partial charge is 0.462 e. The molecule has 0 aliphatic heterocycles. The van der Waals surface area contributed by atoms with Crippen molar-refractivity contribution in [1.82, 2.24) is 0 Å². The Hall–Kier alpha value is -0.713. The molecule has 0 radical (unpaired) electrons. The number of carbonyl (C=O) groups is 1. The summed E-state index contributed by atoms with van der Waals surface area (Å²) in [5.74, 6) is -0.297. The smallest absolute Gasteiger partial charge is 0.333 e. The van der Waals surface area contributed by atoms with Gasteiger partial charge in [-0.2, -0.15) is 0 Å². The number of halogens is 2. The first kappa shape index (κ1) is 22.3. The maximum Gasteiger partial charge on any atom is 0.333 e. The van der Waals surface area contributed by atoms with Gasteiger partial charge in [0.15, 0.2) is 0 Å². The third-order valence-corrected chi connectivity index (χ3v) is 4.34. The molecule has 0 heterocycles. The number of ether oxygens (including phenoxy) is 1. The highest BCUT2D eigenvalue weighted by Crippen LogP contribution is 2.18. The fraction of sp³-hybridized carbons (Fsp3) is 0.833. The van der Waals surface area contributed by atoms with Crippen LogP contribution in [0.3, 0.4) is 0 Å². The van der Waals surface area contributed by atoms with Crippen LogP contribution in [0.15, 0.2) is 12.2 Å². The molecule has 0 atom stereocenters. The molecule has 0 bridgehead atoms. The van der Waals surface area contributed by atoms with Crippen LogP contribution in [0.5, 0.6) is 0 Å². The van der Waals surface area contributed by atoms with Gasteiger partial charge in [-0.25, -0.2) is 13.6 Å². The van der Waals surface area contributed by atoms with E-state index in [-0.39, 0.29) is 22.6 Å². The van der Waals surface area contributed by atoms with Gasteiger partial charge in [0, 0.05) is 12.0 Å². The first-order valence-electron chi connectivity index (χ1n) is 9.03. The highest BCUT2D eigenvalue weighted by atomic mass is 28.1. The molecular weight excluding hydrogens is 314 g/mol. The summed E-state index contributed by atoms with van der Waals surface area (Å²) in [6.45, 7) is 5.69. The number of rotatable bonds is 15. The van der Waals surface area contributed by atoms with Crippen LogP contribution in [0.1, 0.15) is 84.0 Å². The molecule has 0 aliphatic rings. The van der Waals surface area contributed by atoms with E-state index in [2.05, 4.69) is 6.58 Å². The Bertz CT molecular complexity index is 327. The van der Waals surface area contributed by atoms with Gasteiger partial charge in [0.25, 0.3) is 0 Å². The molecule has 0 amide bonds. The van der Waals surface area contributed by atoms with E-state index in [4.69, 9.17) is 4.74 Å². The number of hydrogen-bond acceptors (Lipinski definition) is 2. The van der Waals surface area contributed by atoms with Gasteiger partial charge in [-0.3, -0.25) is 0 Å². The lowest BCUT2D eigenvalue weighted by Crippen LogP contribution is -2.14. The number of unbranched alkanes of at least 4 members (excludes halogenated alkanes) is 10. The molecule has 0 aromatic carbocycles. The zero-order chi connectivity index (χ0) is 17.6. The fourth-order valence-corrected chi connectivity index (χ4v) is 2.77. The van der Waals surface area contributed by atoms with Crippen molar-refractivity contribution in [2.24, 2.45) is 0 Å². The van der Waals surface area contributed by atoms with Crippen LogP contribution < -0.4 is 0 Å². The first-order valence-corrected chi connectivity index (χ1v) is 10.0. The topological polar surface area (TPSA) is 26.3 Å². The molecule has 5 heteroatoms. The second-order valence-electron chi connectivity index (χ2n) is 6.63. The lowest BCUT2D eigenvalue weighted by atomic mass is 10.1.